The van der Waals surface area contributed by atoms with Crippen molar-refractivity contribution in [2.45, 2.75) is 6.04 Å². The van der Waals surface area contributed by atoms with Crippen LogP contribution in [0.5, 0.6) is 0 Å². The lowest BCUT2D eigenvalue weighted by Crippen LogP contribution is -2.66. The van der Waals surface area contributed by atoms with E-state index in [-0.39, 0.29) is 6.61 Å². The molecule has 0 aromatic rings. The third-order valence-electron chi connectivity index (χ3n) is 0.904. The summed E-state index contributed by atoms with van der Waals surface area (Å²) in [5, 5.41) is 16.7. The van der Waals surface area contributed by atoms with Crippen molar-refractivity contribution in [1.82, 2.24) is 0 Å². The van der Waals surface area contributed by atoms with E-state index in [1.165, 1.54) is 11.8 Å². The van der Waals surface area contributed by atoms with Crippen LogP contribution < -0.4 is 5.73 Å². The van der Waals surface area contributed by atoms with E-state index in [1.807, 2.05) is 0 Å². The first kappa shape index (κ1) is 9.74. The molecule has 4 nitrogen and oxygen atoms in total. The number of carboxylic acids is 1. The Hall–Kier alpha value is -0.260. The molecule has 0 saturated heterocycles. The summed E-state index contributed by atoms with van der Waals surface area (Å²) in [4.78, 5) is 10.2. The Bertz CT molecular complexity index is 109. The molecule has 0 fully saturated rings. The molecule has 0 aliphatic heterocycles. The topological polar surface area (TPSA) is 85.2 Å². The molecule has 10 heavy (non-hydrogen) atoms. The van der Waals surface area contributed by atoms with Crippen LogP contribution in [0, 0.1) is 0 Å². The number of rotatable bonds is 5. The molecule has 1 atom stereocenters. The fourth-order valence-electron chi connectivity index (χ4n) is 0.361. The summed E-state index contributed by atoms with van der Waals surface area (Å²) in [5.74, 6) is 0.167. The van der Waals surface area contributed by atoms with E-state index < -0.39 is 12.0 Å². The fourth-order valence-corrected chi connectivity index (χ4v) is 1.08. The summed E-state index contributed by atoms with van der Waals surface area (Å²) in [6.07, 6.45) is 0. The van der Waals surface area contributed by atoms with Crippen LogP contribution in [-0.4, -0.2) is 40.3 Å². The van der Waals surface area contributed by atoms with E-state index in [0.29, 0.717) is 11.5 Å². The Morgan fingerprint density at radius 3 is 2.70 bits per heavy atom. The SMILES string of the molecule is [NH3+][C@@H](CSCCO)C(=O)O. The van der Waals surface area contributed by atoms with Crippen LogP contribution in [0.25, 0.3) is 0 Å². The number of aliphatic hydroxyl groups is 1. The molecule has 5 N–H and O–H groups in total. The normalized spacial score (nSPS) is 13.0. The average Bonchev–Trinajstić information content (AvgIpc) is 1.88. The van der Waals surface area contributed by atoms with Crippen LogP contribution in [0.3, 0.4) is 0 Å². The van der Waals surface area contributed by atoms with E-state index in [9.17, 15) is 4.79 Å². The minimum Gasteiger partial charge on any atom is -0.477 e. The molecule has 0 aliphatic carbocycles. The number of hydrogen-bond acceptors (Lipinski definition) is 3. The maximum atomic E-state index is 10.2. The van der Waals surface area contributed by atoms with Gasteiger partial charge in [-0.3, -0.25) is 0 Å². The van der Waals surface area contributed by atoms with Crippen molar-refractivity contribution in [3.05, 3.63) is 0 Å². The van der Waals surface area contributed by atoms with Crippen molar-refractivity contribution in [1.29, 1.82) is 0 Å². The van der Waals surface area contributed by atoms with E-state index in [4.69, 9.17) is 10.2 Å². The van der Waals surface area contributed by atoms with Crippen LogP contribution in [0.2, 0.25) is 0 Å². The van der Waals surface area contributed by atoms with Gasteiger partial charge in [-0.2, -0.15) is 11.8 Å². The first-order chi connectivity index (χ1) is 4.68. The lowest BCUT2D eigenvalue weighted by molar-refractivity contribution is -0.400. The quantitative estimate of drug-likeness (QED) is 0.430. The maximum absolute atomic E-state index is 10.2. The van der Waals surface area contributed by atoms with E-state index >= 15 is 0 Å². The minimum atomic E-state index is -0.884. The standard InChI is InChI=1S/C5H11NO3S/c6-4(5(8)9)3-10-2-1-7/h4,7H,1-3,6H2,(H,8,9)/p+1/t4-/m0/s1. The van der Waals surface area contributed by atoms with Gasteiger partial charge in [0.25, 0.3) is 0 Å². The molecule has 0 aliphatic rings. The van der Waals surface area contributed by atoms with Gasteiger partial charge in [0.2, 0.25) is 0 Å². The molecule has 0 radical (unpaired) electrons. The molecule has 0 aromatic heterocycles. The van der Waals surface area contributed by atoms with E-state index in [2.05, 4.69) is 5.73 Å². The van der Waals surface area contributed by atoms with Gasteiger partial charge in [-0.25, -0.2) is 4.79 Å². The maximum Gasteiger partial charge on any atom is 0.363 e. The highest BCUT2D eigenvalue weighted by molar-refractivity contribution is 7.99. The highest BCUT2D eigenvalue weighted by atomic mass is 32.2. The highest BCUT2D eigenvalue weighted by Crippen LogP contribution is 1.98. The number of aliphatic hydroxyl groups excluding tert-OH is 1. The van der Waals surface area contributed by atoms with Crippen molar-refractivity contribution < 1.29 is 20.7 Å². The second kappa shape index (κ2) is 5.52. The van der Waals surface area contributed by atoms with Gasteiger partial charge in [-0.05, 0) is 0 Å². The van der Waals surface area contributed by atoms with Crippen LogP contribution in [0.15, 0.2) is 0 Å². The number of quaternary nitrogens is 1. The van der Waals surface area contributed by atoms with Crippen LogP contribution in [0.4, 0.5) is 0 Å². The monoisotopic (exact) mass is 166 g/mol. The summed E-state index contributed by atoms with van der Waals surface area (Å²) in [6, 6.07) is -0.559. The van der Waals surface area contributed by atoms with Gasteiger partial charge in [-0.15, -0.1) is 0 Å². The molecule has 0 aromatic carbocycles. The zero-order valence-electron chi connectivity index (χ0n) is 5.62. The molecule has 0 unspecified atom stereocenters. The van der Waals surface area contributed by atoms with Crippen LogP contribution in [-0.2, 0) is 4.79 Å². The number of aliphatic carboxylic acids is 1. The predicted octanol–water partition coefficient (Wildman–Crippen LogP) is -1.59. The van der Waals surface area contributed by atoms with Gasteiger partial charge in [0, 0.05) is 5.75 Å². The molecule has 0 rings (SSSR count). The number of hydrogen-bond donors (Lipinski definition) is 3. The third kappa shape index (κ3) is 4.60. The molecule has 0 bridgehead atoms. The Morgan fingerprint density at radius 1 is 1.70 bits per heavy atom. The molecule has 60 valence electrons. The molecule has 0 heterocycles. The van der Waals surface area contributed by atoms with Gasteiger partial charge >= 0.3 is 5.97 Å². The van der Waals surface area contributed by atoms with E-state index in [1.54, 1.807) is 0 Å². The van der Waals surface area contributed by atoms with Gasteiger partial charge < -0.3 is 15.9 Å². The number of carboxylic acid groups (broad SMARTS) is 1. The molecular formula is C5H12NO3S+. The van der Waals surface area contributed by atoms with Crippen molar-refractivity contribution in [2.75, 3.05) is 18.1 Å². The van der Waals surface area contributed by atoms with Crippen molar-refractivity contribution in [3.63, 3.8) is 0 Å². The van der Waals surface area contributed by atoms with Crippen molar-refractivity contribution >= 4 is 17.7 Å². The first-order valence-corrected chi connectivity index (χ1v) is 4.08. The van der Waals surface area contributed by atoms with Gasteiger partial charge in [0.1, 0.15) is 0 Å². The summed E-state index contributed by atoms with van der Waals surface area (Å²) in [5.41, 5.74) is 3.41. The fraction of sp³-hybridized carbons (Fsp3) is 0.800. The summed E-state index contributed by atoms with van der Waals surface area (Å²) in [7, 11) is 0. The van der Waals surface area contributed by atoms with Gasteiger partial charge in [0.15, 0.2) is 6.04 Å². The Kier molecular flexibility index (Phi) is 5.38. The summed E-state index contributed by atoms with van der Waals surface area (Å²) < 4.78 is 0. The second-order valence-corrected chi connectivity index (χ2v) is 2.98. The lowest BCUT2D eigenvalue weighted by Gasteiger charge is -2.00. The highest BCUT2D eigenvalue weighted by Gasteiger charge is 2.14. The third-order valence-corrected chi connectivity index (χ3v) is 2.01. The lowest BCUT2D eigenvalue weighted by atomic mass is 10.4. The van der Waals surface area contributed by atoms with Crippen molar-refractivity contribution in [3.8, 4) is 0 Å². The smallest absolute Gasteiger partial charge is 0.363 e. The molecule has 0 spiro atoms. The molecule has 5 heteroatoms. The Morgan fingerprint density at radius 2 is 2.30 bits per heavy atom. The van der Waals surface area contributed by atoms with E-state index in [0.717, 1.165) is 0 Å². The van der Waals surface area contributed by atoms with Gasteiger partial charge in [0.05, 0.1) is 12.4 Å². The first-order valence-electron chi connectivity index (χ1n) is 2.93. The largest absolute Gasteiger partial charge is 0.477 e. The number of carbonyl (C=O) groups is 1. The van der Waals surface area contributed by atoms with Gasteiger partial charge in [-0.1, -0.05) is 0 Å². The summed E-state index contributed by atoms with van der Waals surface area (Å²) >= 11 is 1.40. The molecule has 0 amide bonds. The Balaban J connectivity index is 3.21. The molecule has 0 saturated carbocycles. The minimum absolute atomic E-state index is 0.0943. The zero-order chi connectivity index (χ0) is 7.98. The Labute approximate surface area is 63.4 Å². The average molecular weight is 166 g/mol. The summed E-state index contributed by atoms with van der Waals surface area (Å²) in [6.45, 7) is 0.0943. The predicted molar refractivity (Wildman–Crippen MR) is 38.7 cm³/mol. The molecular weight excluding hydrogens is 154 g/mol. The zero-order valence-corrected chi connectivity index (χ0v) is 6.43. The van der Waals surface area contributed by atoms with Crippen molar-refractivity contribution in [2.24, 2.45) is 0 Å². The van der Waals surface area contributed by atoms with Crippen LogP contribution >= 0.6 is 11.8 Å². The van der Waals surface area contributed by atoms with Crippen LogP contribution in [0.1, 0.15) is 0 Å². The second-order valence-electron chi connectivity index (χ2n) is 1.83. The number of thioether (sulfide) groups is 1.